The number of para-hydroxylation sites is 1. The van der Waals surface area contributed by atoms with Crippen LogP contribution in [0.25, 0.3) is 5.69 Å². The molecule has 1 heterocycles. The van der Waals surface area contributed by atoms with Crippen LogP contribution < -0.4 is 5.73 Å². The molecule has 1 aliphatic carbocycles. The van der Waals surface area contributed by atoms with E-state index in [1.807, 2.05) is 47.3 Å². The molecule has 0 unspecified atom stereocenters. The van der Waals surface area contributed by atoms with Crippen molar-refractivity contribution in [1.29, 1.82) is 0 Å². The van der Waals surface area contributed by atoms with E-state index in [1.165, 1.54) is 0 Å². The fraction of sp³-hybridized carbons (Fsp3) is 0.438. The molecule has 4 nitrogen and oxygen atoms in total. The van der Waals surface area contributed by atoms with Gasteiger partial charge in [-0.1, -0.05) is 18.2 Å². The first-order valence-electron chi connectivity index (χ1n) is 7.28. The minimum Gasteiger partial charge on any atom is -0.372 e. The average molecular weight is 271 g/mol. The molecule has 2 N–H and O–H groups in total. The zero-order valence-electron chi connectivity index (χ0n) is 11.6. The largest absolute Gasteiger partial charge is 0.372 e. The van der Waals surface area contributed by atoms with E-state index in [9.17, 15) is 0 Å². The van der Waals surface area contributed by atoms with Crippen molar-refractivity contribution in [3.05, 3.63) is 48.3 Å². The standard InChI is InChI=1S/C16H21N3O/c17-13-6-8-16(9-7-13)20-12-14-10-11-19(18-14)15-4-2-1-3-5-15/h1-5,10-11,13,16H,6-9,12,17H2. The van der Waals surface area contributed by atoms with E-state index in [-0.39, 0.29) is 0 Å². The molecule has 0 radical (unpaired) electrons. The highest BCUT2D eigenvalue weighted by atomic mass is 16.5. The molecule has 0 spiro atoms. The van der Waals surface area contributed by atoms with E-state index in [4.69, 9.17) is 10.5 Å². The highest BCUT2D eigenvalue weighted by Gasteiger charge is 2.19. The van der Waals surface area contributed by atoms with Gasteiger partial charge in [0.25, 0.3) is 0 Å². The number of nitrogens with two attached hydrogens (primary N) is 1. The predicted octanol–water partition coefficient (Wildman–Crippen LogP) is 2.66. The predicted molar refractivity (Wildman–Crippen MR) is 78.6 cm³/mol. The van der Waals surface area contributed by atoms with Crippen LogP contribution in [0.5, 0.6) is 0 Å². The summed E-state index contributed by atoms with van der Waals surface area (Å²) in [6.07, 6.45) is 6.61. The van der Waals surface area contributed by atoms with Crippen LogP contribution in [0.3, 0.4) is 0 Å². The zero-order chi connectivity index (χ0) is 13.8. The van der Waals surface area contributed by atoms with Gasteiger partial charge in [-0.15, -0.1) is 0 Å². The van der Waals surface area contributed by atoms with Crippen molar-refractivity contribution >= 4 is 0 Å². The molecule has 3 rings (SSSR count). The fourth-order valence-corrected chi connectivity index (χ4v) is 2.62. The lowest BCUT2D eigenvalue weighted by Crippen LogP contribution is -2.30. The SMILES string of the molecule is NC1CCC(OCc2ccn(-c3ccccc3)n2)CC1. The third-order valence-corrected chi connectivity index (χ3v) is 3.85. The summed E-state index contributed by atoms with van der Waals surface area (Å²) in [4.78, 5) is 0. The van der Waals surface area contributed by atoms with Crippen LogP contribution in [0.4, 0.5) is 0 Å². The lowest BCUT2D eigenvalue weighted by atomic mass is 9.94. The second-order valence-electron chi connectivity index (χ2n) is 5.43. The van der Waals surface area contributed by atoms with E-state index in [1.54, 1.807) is 0 Å². The van der Waals surface area contributed by atoms with Crippen LogP contribution in [0.1, 0.15) is 31.4 Å². The van der Waals surface area contributed by atoms with Gasteiger partial charge in [0.05, 0.1) is 24.1 Å². The summed E-state index contributed by atoms with van der Waals surface area (Å²) in [6.45, 7) is 0.583. The van der Waals surface area contributed by atoms with Crippen molar-refractivity contribution in [3.63, 3.8) is 0 Å². The van der Waals surface area contributed by atoms with Gasteiger partial charge in [-0.05, 0) is 43.9 Å². The molecule has 0 aliphatic heterocycles. The third-order valence-electron chi connectivity index (χ3n) is 3.85. The Bertz CT molecular complexity index is 530. The van der Waals surface area contributed by atoms with Crippen LogP contribution in [0.2, 0.25) is 0 Å². The smallest absolute Gasteiger partial charge is 0.0910 e. The summed E-state index contributed by atoms with van der Waals surface area (Å²) < 4.78 is 7.82. The second kappa shape index (κ2) is 6.20. The minimum absolute atomic E-state index is 0.344. The van der Waals surface area contributed by atoms with Gasteiger partial charge in [-0.2, -0.15) is 5.10 Å². The molecule has 2 aromatic rings. The number of ether oxygens (including phenoxy) is 1. The molecule has 0 amide bonds. The molecular formula is C16H21N3O. The Labute approximate surface area is 119 Å². The topological polar surface area (TPSA) is 53.1 Å². The van der Waals surface area contributed by atoms with Gasteiger partial charge in [-0.25, -0.2) is 4.68 Å². The first-order chi connectivity index (χ1) is 9.81. The first kappa shape index (κ1) is 13.3. The second-order valence-corrected chi connectivity index (χ2v) is 5.43. The van der Waals surface area contributed by atoms with E-state index in [2.05, 4.69) is 5.10 Å². The normalized spacial score (nSPS) is 22.9. The summed E-state index contributed by atoms with van der Waals surface area (Å²) in [7, 11) is 0. The molecular weight excluding hydrogens is 250 g/mol. The summed E-state index contributed by atoms with van der Waals surface area (Å²) in [5, 5.41) is 4.55. The lowest BCUT2D eigenvalue weighted by molar-refractivity contribution is 0.0121. The van der Waals surface area contributed by atoms with Gasteiger partial charge >= 0.3 is 0 Å². The monoisotopic (exact) mass is 271 g/mol. The maximum atomic E-state index is 5.94. The van der Waals surface area contributed by atoms with E-state index in [0.717, 1.165) is 37.1 Å². The highest BCUT2D eigenvalue weighted by Crippen LogP contribution is 2.20. The summed E-state index contributed by atoms with van der Waals surface area (Å²) in [5.41, 5.74) is 7.95. The Morgan fingerprint density at radius 3 is 2.60 bits per heavy atom. The Morgan fingerprint density at radius 1 is 1.10 bits per heavy atom. The van der Waals surface area contributed by atoms with Crippen LogP contribution in [0.15, 0.2) is 42.6 Å². The highest BCUT2D eigenvalue weighted by molar-refractivity contribution is 5.30. The van der Waals surface area contributed by atoms with E-state index in [0.29, 0.717) is 18.8 Å². The maximum absolute atomic E-state index is 5.94. The number of rotatable bonds is 4. The van der Waals surface area contributed by atoms with Gasteiger partial charge in [-0.3, -0.25) is 0 Å². The maximum Gasteiger partial charge on any atom is 0.0910 e. The Balaban J connectivity index is 1.55. The number of hydrogen-bond acceptors (Lipinski definition) is 3. The molecule has 0 atom stereocenters. The van der Waals surface area contributed by atoms with Crippen molar-refractivity contribution in [2.24, 2.45) is 5.73 Å². The zero-order valence-corrected chi connectivity index (χ0v) is 11.6. The molecule has 106 valence electrons. The van der Waals surface area contributed by atoms with Crippen LogP contribution in [-0.2, 0) is 11.3 Å². The number of nitrogens with zero attached hydrogens (tertiary/aromatic N) is 2. The molecule has 1 aromatic carbocycles. The number of hydrogen-bond donors (Lipinski definition) is 1. The van der Waals surface area contributed by atoms with Crippen LogP contribution in [-0.4, -0.2) is 21.9 Å². The Morgan fingerprint density at radius 2 is 1.85 bits per heavy atom. The average Bonchev–Trinajstić information content (AvgIpc) is 2.97. The number of benzene rings is 1. The quantitative estimate of drug-likeness (QED) is 0.930. The van der Waals surface area contributed by atoms with Gasteiger partial charge in [0.1, 0.15) is 0 Å². The molecule has 0 bridgehead atoms. The van der Waals surface area contributed by atoms with Crippen LogP contribution >= 0.6 is 0 Å². The van der Waals surface area contributed by atoms with Crippen molar-refractivity contribution in [3.8, 4) is 5.69 Å². The van der Waals surface area contributed by atoms with Crippen molar-refractivity contribution in [2.75, 3.05) is 0 Å². The van der Waals surface area contributed by atoms with Gasteiger partial charge in [0.2, 0.25) is 0 Å². The lowest BCUT2D eigenvalue weighted by Gasteiger charge is -2.25. The summed E-state index contributed by atoms with van der Waals surface area (Å²) in [6, 6.07) is 12.5. The van der Waals surface area contributed by atoms with Gasteiger partial charge in [0, 0.05) is 12.2 Å². The fourth-order valence-electron chi connectivity index (χ4n) is 2.62. The molecule has 1 aromatic heterocycles. The van der Waals surface area contributed by atoms with Crippen molar-refractivity contribution < 1.29 is 4.74 Å². The molecule has 1 aliphatic rings. The van der Waals surface area contributed by atoms with Crippen molar-refractivity contribution in [2.45, 2.75) is 44.4 Å². The molecule has 20 heavy (non-hydrogen) atoms. The molecule has 1 fully saturated rings. The van der Waals surface area contributed by atoms with E-state index < -0.39 is 0 Å². The van der Waals surface area contributed by atoms with E-state index >= 15 is 0 Å². The molecule has 1 saturated carbocycles. The van der Waals surface area contributed by atoms with Crippen molar-refractivity contribution in [1.82, 2.24) is 9.78 Å². The third kappa shape index (κ3) is 3.26. The Kier molecular flexibility index (Phi) is 4.14. The van der Waals surface area contributed by atoms with Crippen LogP contribution in [0, 0.1) is 0 Å². The summed E-state index contributed by atoms with van der Waals surface area (Å²) >= 11 is 0. The first-order valence-corrected chi connectivity index (χ1v) is 7.28. The molecule has 0 saturated heterocycles. The van der Waals surface area contributed by atoms with Gasteiger partial charge in [0.15, 0.2) is 0 Å². The Hall–Kier alpha value is -1.65. The summed E-state index contributed by atoms with van der Waals surface area (Å²) in [5.74, 6) is 0. The van der Waals surface area contributed by atoms with Gasteiger partial charge < -0.3 is 10.5 Å². The minimum atomic E-state index is 0.344. The number of aromatic nitrogens is 2. The molecule has 4 heteroatoms.